The molecular formula is C19H26N2O5. The Morgan fingerprint density at radius 2 is 2.00 bits per heavy atom. The fourth-order valence-electron chi connectivity index (χ4n) is 2.61. The van der Waals surface area contributed by atoms with Gasteiger partial charge >= 0.3 is 5.97 Å². The Kier molecular flexibility index (Phi) is 7.59. The van der Waals surface area contributed by atoms with E-state index in [9.17, 15) is 14.4 Å². The summed E-state index contributed by atoms with van der Waals surface area (Å²) in [5, 5.41) is 2.72. The van der Waals surface area contributed by atoms with Crippen molar-refractivity contribution >= 4 is 23.5 Å². The van der Waals surface area contributed by atoms with Crippen molar-refractivity contribution in [2.45, 2.75) is 39.2 Å². The van der Waals surface area contributed by atoms with E-state index in [1.165, 1.54) is 0 Å². The lowest BCUT2D eigenvalue weighted by Crippen LogP contribution is -2.48. The number of anilines is 1. The molecule has 142 valence electrons. The van der Waals surface area contributed by atoms with Crippen LogP contribution >= 0.6 is 0 Å². The molecule has 1 saturated heterocycles. The molecule has 0 aliphatic carbocycles. The van der Waals surface area contributed by atoms with Crippen LogP contribution in [0.15, 0.2) is 24.3 Å². The number of unbranched alkanes of at least 4 members (excludes halogenated alkanes) is 1. The number of esters is 1. The lowest BCUT2D eigenvalue weighted by molar-refractivity contribution is -0.154. The first-order chi connectivity index (χ1) is 12.5. The van der Waals surface area contributed by atoms with Crippen molar-refractivity contribution in [1.82, 2.24) is 4.90 Å². The second-order valence-corrected chi connectivity index (χ2v) is 6.10. The predicted octanol–water partition coefficient (Wildman–Crippen LogP) is 2.22. The molecule has 1 aromatic carbocycles. The molecule has 0 bridgehead atoms. The van der Waals surface area contributed by atoms with Crippen molar-refractivity contribution in [3.63, 3.8) is 0 Å². The largest absolute Gasteiger partial charge is 0.462 e. The zero-order valence-electron chi connectivity index (χ0n) is 15.3. The second kappa shape index (κ2) is 9.91. The fourth-order valence-corrected chi connectivity index (χ4v) is 2.61. The molecule has 0 unspecified atom stereocenters. The highest BCUT2D eigenvalue weighted by atomic mass is 16.5. The van der Waals surface area contributed by atoms with Gasteiger partial charge in [-0.15, -0.1) is 0 Å². The number of rotatable bonds is 8. The molecule has 2 rings (SSSR count). The molecule has 2 amide bonds. The summed E-state index contributed by atoms with van der Waals surface area (Å²) in [6, 6.07) is 6.47. The number of carbonyl (C=O) groups excluding carboxylic acids is 3. The standard InChI is InChI=1S/C19H26N2O5/c1-3-5-11-26-19(24)14-6-8-15(9-7-14)20-17(22)13-16-18(23)21(4-2)10-12-25-16/h6-9,16H,3-5,10-13H2,1-2H3,(H,20,22)/t16-/m1/s1. The molecule has 26 heavy (non-hydrogen) atoms. The average molecular weight is 362 g/mol. The molecule has 1 aromatic rings. The minimum absolute atomic E-state index is 0.0316. The van der Waals surface area contributed by atoms with Crippen LogP contribution in [0, 0.1) is 0 Å². The number of benzene rings is 1. The molecule has 1 atom stereocenters. The molecule has 7 heteroatoms. The van der Waals surface area contributed by atoms with Crippen LogP contribution in [0.5, 0.6) is 0 Å². The Morgan fingerprint density at radius 3 is 2.65 bits per heavy atom. The van der Waals surface area contributed by atoms with Crippen LogP contribution in [-0.4, -0.2) is 55.1 Å². The van der Waals surface area contributed by atoms with Gasteiger partial charge in [0, 0.05) is 18.8 Å². The van der Waals surface area contributed by atoms with E-state index in [1.54, 1.807) is 29.2 Å². The van der Waals surface area contributed by atoms with E-state index in [0.717, 1.165) is 12.8 Å². The van der Waals surface area contributed by atoms with E-state index in [1.807, 2.05) is 13.8 Å². The first-order valence-electron chi connectivity index (χ1n) is 9.02. The minimum Gasteiger partial charge on any atom is -0.462 e. The third-order valence-electron chi connectivity index (χ3n) is 4.16. The first-order valence-corrected chi connectivity index (χ1v) is 9.02. The molecule has 1 aliphatic heterocycles. The zero-order valence-corrected chi connectivity index (χ0v) is 15.3. The van der Waals surface area contributed by atoms with Crippen molar-refractivity contribution in [3.05, 3.63) is 29.8 Å². The van der Waals surface area contributed by atoms with Gasteiger partial charge in [-0.25, -0.2) is 4.79 Å². The average Bonchev–Trinajstić information content (AvgIpc) is 2.64. The maximum atomic E-state index is 12.2. The minimum atomic E-state index is -0.739. The van der Waals surface area contributed by atoms with E-state index in [0.29, 0.717) is 37.6 Å². The molecular weight excluding hydrogens is 336 g/mol. The summed E-state index contributed by atoms with van der Waals surface area (Å²) in [4.78, 5) is 37.8. The number of hydrogen-bond acceptors (Lipinski definition) is 5. The highest BCUT2D eigenvalue weighted by Crippen LogP contribution is 2.14. The molecule has 0 aromatic heterocycles. The van der Waals surface area contributed by atoms with E-state index >= 15 is 0 Å². The topological polar surface area (TPSA) is 84.9 Å². The Morgan fingerprint density at radius 1 is 1.27 bits per heavy atom. The molecule has 0 spiro atoms. The summed E-state index contributed by atoms with van der Waals surface area (Å²) in [5.74, 6) is -0.837. The Balaban J connectivity index is 1.85. The number of hydrogen-bond donors (Lipinski definition) is 1. The molecule has 1 heterocycles. The smallest absolute Gasteiger partial charge is 0.338 e. The van der Waals surface area contributed by atoms with Crippen LogP contribution in [-0.2, 0) is 19.1 Å². The van der Waals surface area contributed by atoms with Crippen LogP contribution in [0.1, 0.15) is 43.5 Å². The van der Waals surface area contributed by atoms with Crippen LogP contribution in [0.3, 0.4) is 0 Å². The Hall–Kier alpha value is -2.41. The summed E-state index contributed by atoms with van der Waals surface area (Å²) in [6.07, 6.45) is 1.02. The maximum Gasteiger partial charge on any atom is 0.338 e. The van der Waals surface area contributed by atoms with Crippen molar-refractivity contribution in [1.29, 1.82) is 0 Å². The van der Waals surface area contributed by atoms with Gasteiger partial charge in [0.1, 0.15) is 6.10 Å². The predicted molar refractivity (Wildman–Crippen MR) is 96.9 cm³/mol. The Labute approximate surface area is 153 Å². The number of morpholine rings is 1. The summed E-state index contributed by atoms with van der Waals surface area (Å²) >= 11 is 0. The van der Waals surface area contributed by atoms with E-state index in [-0.39, 0.29) is 24.2 Å². The van der Waals surface area contributed by atoms with Crippen LogP contribution < -0.4 is 5.32 Å². The highest BCUT2D eigenvalue weighted by molar-refractivity contribution is 5.96. The number of nitrogens with zero attached hydrogens (tertiary/aromatic N) is 1. The van der Waals surface area contributed by atoms with Crippen LogP contribution in [0.4, 0.5) is 5.69 Å². The fraction of sp³-hybridized carbons (Fsp3) is 0.526. The third kappa shape index (κ3) is 5.56. The van der Waals surface area contributed by atoms with Gasteiger partial charge in [-0.05, 0) is 37.6 Å². The molecule has 1 fully saturated rings. The van der Waals surface area contributed by atoms with Gasteiger partial charge in [0.15, 0.2) is 0 Å². The van der Waals surface area contributed by atoms with Gasteiger partial charge in [0.25, 0.3) is 5.91 Å². The van der Waals surface area contributed by atoms with E-state index < -0.39 is 6.10 Å². The molecule has 0 radical (unpaired) electrons. The van der Waals surface area contributed by atoms with Gasteiger partial charge in [0.2, 0.25) is 5.91 Å². The maximum absolute atomic E-state index is 12.2. The van der Waals surface area contributed by atoms with Gasteiger partial charge in [-0.1, -0.05) is 13.3 Å². The van der Waals surface area contributed by atoms with Gasteiger partial charge in [-0.2, -0.15) is 0 Å². The summed E-state index contributed by atoms with van der Waals surface area (Å²) < 4.78 is 10.6. The number of carbonyl (C=O) groups is 3. The number of likely N-dealkylation sites (N-methyl/N-ethyl adjacent to an activating group) is 1. The van der Waals surface area contributed by atoms with Gasteiger partial charge in [0.05, 0.1) is 25.2 Å². The molecule has 0 saturated carbocycles. The number of ether oxygens (including phenoxy) is 2. The normalized spacial score (nSPS) is 17.1. The first kappa shape index (κ1) is 19.9. The third-order valence-corrected chi connectivity index (χ3v) is 4.16. The molecule has 7 nitrogen and oxygen atoms in total. The lowest BCUT2D eigenvalue weighted by atomic mass is 10.1. The summed E-state index contributed by atoms with van der Waals surface area (Å²) in [5.41, 5.74) is 0.985. The summed E-state index contributed by atoms with van der Waals surface area (Å²) in [6.45, 7) is 5.93. The van der Waals surface area contributed by atoms with Gasteiger partial charge in [-0.3, -0.25) is 9.59 Å². The number of amides is 2. The number of nitrogens with one attached hydrogen (secondary N) is 1. The van der Waals surface area contributed by atoms with Crippen LogP contribution in [0.25, 0.3) is 0 Å². The lowest BCUT2D eigenvalue weighted by Gasteiger charge is -2.31. The summed E-state index contributed by atoms with van der Waals surface area (Å²) in [7, 11) is 0. The van der Waals surface area contributed by atoms with Crippen molar-refractivity contribution in [3.8, 4) is 0 Å². The Bertz CT molecular complexity index is 629. The monoisotopic (exact) mass is 362 g/mol. The van der Waals surface area contributed by atoms with Crippen molar-refractivity contribution < 1.29 is 23.9 Å². The molecule has 1 aliphatic rings. The zero-order chi connectivity index (χ0) is 18.9. The SMILES string of the molecule is CCCCOC(=O)c1ccc(NC(=O)C[C@H]2OCCN(CC)C2=O)cc1. The second-order valence-electron chi connectivity index (χ2n) is 6.10. The van der Waals surface area contributed by atoms with Crippen molar-refractivity contribution in [2.24, 2.45) is 0 Å². The molecule has 1 N–H and O–H groups in total. The van der Waals surface area contributed by atoms with E-state index in [2.05, 4.69) is 5.32 Å². The van der Waals surface area contributed by atoms with Crippen molar-refractivity contribution in [2.75, 3.05) is 31.6 Å². The van der Waals surface area contributed by atoms with Crippen LogP contribution in [0.2, 0.25) is 0 Å². The highest BCUT2D eigenvalue weighted by Gasteiger charge is 2.30. The van der Waals surface area contributed by atoms with E-state index in [4.69, 9.17) is 9.47 Å². The van der Waals surface area contributed by atoms with Gasteiger partial charge < -0.3 is 19.7 Å². The quantitative estimate of drug-likeness (QED) is 0.566.